The van der Waals surface area contributed by atoms with Gasteiger partial charge in [-0.05, 0) is 49.2 Å². The van der Waals surface area contributed by atoms with E-state index < -0.39 is 0 Å². The zero-order valence-electron chi connectivity index (χ0n) is 16.5. The molecule has 1 amide bonds. The highest BCUT2D eigenvalue weighted by Crippen LogP contribution is 2.27. The highest BCUT2D eigenvalue weighted by atomic mass is 32.1. The van der Waals surface area contributed by atoms with Crippen molar-refractivity contribution in [2.75, 3.05) is 6.61 Å². The van der Waals surface area contributed by atoms with Gasteiger partial charge >= 0.3 is 0 Å². The van der Waals surface area contributed by atoms with Gasteiger partial charge in [-0.15, -0.1) is 0 Å². The average Bonchev–Trinajstić information content (AvgIpc) is 3.12. The number of thiazole rings is 1. The quantitative estimate of drug-likeness (QED) is 0.440. The molecule has 29 heavy (non-hydrogen) atoms. The Balaban J connectivity index is 1.71. The molecule has 5 heteroatoms. The molecule has 0 fully saturated rings. The molecule has 0 aliphatic heterocycles. The van der Waals surface area contributed by atoms with Crippen LogP contribution in [0.25, 0.3) is 21.3 Å². The van der Waals surface area contributed by atoms with Gasteiger partial charge in [-0.25, -0.2) is 0 Å². The Morgan fingerprint density at radius 2 is 1.66 bits per heavy atom. The standard InChI is InChI=1S/C24H22N2O2S/c1-3-26-22-20(28-4-2)11-8-12-21(22)29-24(26)25-23(27)19-15-13-18(14-16-19)17-9-6-5-7-10-17/h5-16H,3-4H2,1-2H3. The van der Waals surface area contributed by atoms with E-state index in [0.717, 1.165) is 27.1 Å². The average molecular weight is 403 g/mol. The summed E-state index contributed by atoms with van der Waals surface area (Å²) < 4.78 is 8.88. The van der Waals surface area contributed by atoms with Gasteiger partial charge in [0.1, 0.15) is 11.3 Å². The van der Waals surface area contributed by atoms with Crippen molar-refractivity contribution < 1.29 is 9.53 Å². The number of carbonyl (C=O) groups excluding carboxylic acids is 1. The van der Waals surface area contributed by atoms with Crippen LogP contribution in [-0.2, 0) is 6.54 Å². The minimum Gasteiger partial charge on any atom is -0.492 e. The largest absolute Gasteiger partial charge is 0.492 e. The van der Waals surface area contributed by atoms with Crippen LogP contribution in [0.1, 0.15) is 24.2 Å². The van der Waals surface area contributed by atoms with Crippen LogP contribution in [0.5, 0.6) is 5.75 Å². The number of hydrogen-bond donors (Lipinski definition) is 0. The summed E-state index contributed by atoms with van der Waals surface area (Å²) in [5, 5.41) is 0. The maximum absolute atomic E-state index is 12.8. The summed E-state index contributed by atoms with van der Waals surface area (Å²) in [6.45, 7) is 5.32. The van der Waals surface area contributed by atoms with Gasteiger partial charge in [-0.1, -0.05) is 59.9 Å². The van der Waals surface area contributed by atoms with Crippen molar-refractivity contribution in [2.45, 2.75) is 20.4 Å². The third-order valence-corrected chi connectivity index (χ3v) is 5.76. The van der Waals surface area contributed by atoms with Crippen molar-refractivity contribution in [3.05, 3.63) is 83.2 Å². The van der Waals surface area contributed by atoms with Crippen LogP contribution in [0, 0.1) is 0 Å². The zero-order valence-corrected chi connectivity index (χ0v) is 17.3. The first-order valence-corrected chi connectivity index (χ1v) is 10.5. The van der Waals surface area contributed by atoms with Crippen LogP contribution in [0.15, 0.2) is 77.8 Å². The molecule has 0 N–H and O–H groups in total. The Bertz CT molecular complexity index is 1210. The molecule has 0 aliphatic carbocycles. The van der Waals surface area contributed by atoms with Crippen molar-refractivity contribution in [3.63, 3.8) is 0 Å². The second-order valence-corrected chi connectivity index (χ2v) is 7.53. The fourth-order valence-electron chi connectivity index (χ4n) is 3.34. The summed E-state index contributed by atoms with van der Waals surface area (Å²) in [6, 6.07) is 23.7. The van der Waals surface area contributed by atoms with Crippen molar-refractivity contribution in [1.29, 1.82) is 0 Å². The van der Waals surface area contributed by atoms with Gasteiger partial charge in [-0.2, -0.15) is 4.99 Å². The van der Waals surface area contributed by atoms with Crippen LogP contribution < -0.4 is 9.54 Å². The Hall–Kier alpha value is -3.18. The monoisotopic (exact) mass is 402 g/mol. The SMILES string of the molecule is CCOc1cccc2sc(=NC(=O)c3ccc(-c4ccccc4)cc3)n(CC)c12. The zero-order chi connectivity index (χ0) is 20.2. The smallest absolute Gasteiger partial charge is 0.279 e. The first-order chi connectivity index (χ1) is 14.2. The molecule has 0 spiro atoms. The Labute approximate surface area is 173 Å². The van der Waals surface area contributed by atoms with Crippen molar-refractivity contribution in [2.24, 2.45) is 4.99 Å². The van der Waals surface area contributed by atoms with Gasteiger partial charge in [0.25, 0.3) is 5.91 Å². The maximum atomic E-state index is 12.8. The topological polar surface area (TPSA) is 43.6 Å². The lowest BCUT2D eigenvalue weighted by atomic mass is 10.0. The molecule has 4 rings (SSSR count). The molecule has 4 aromatic rings. The van der Waals surface area contributed by atoms with E-state index in [1.807, 2.05) is 79.1 Å². The number of aromatic nitrogens is 1. The number of ether oxygens (including phenoxy) is 1. The van der Waals surface area contributed by atoms with E-state index in [1.54, 1.807) is 0 Å². The van der Waals surface area contributed by atoms with Crippen LogP contribution in [0.4, 0.5) is 0 Å². The predicted octanol–water partition coefficient (Wildman–Crippen LogP) is 5.53. The van der Waals surface area contributed by atoms with Crippen molar-refractivity contribution in [1.82, 2.24) is 4.57 Å². The normalized spacial score (nSPS) is 11.7. The van der Waals surface area contributed by atoms with Gasteiger partial charge in [0.05, 0.1) is 11.3 Å². The van der Waals surface area contributed by atoms with Gasteiger partial charge in [0.2, 0.25) is 0 Å². The number of fused-ring (bicyclic) bond motifs is 1. The Morgan fingerprint density at radius 3 is 2.34 bits per heavy atom. The van der Waals surface area contributed by atoms with E-state index in [-0.39, 0.29) is 5.91 Å². The molecule has 146 valence electrons. The molecular weight excluding hydrogens is 380 g/mol. The fraction of sp³-hybridized carbons (Fsp3) is 0.167. The molecule has 1 aromatic heterocycles. The van der Waals surface area contributed by atoms with Crippen molar-refractivity contribution in [3.8, 4) is 16.9 Å². The first-order valence-electron chi connectivity index (χ1n) is 9.71. The van der Waals surface area contributed by atoms with E-state index in [4.69, 9.17) is 4.74 Å². The van der Waals surface area contributed by atoms with E-state index in [2.05, 4.69) is 17.1 Å². The molecule has 3 aromatic carbocycles. The third-order valence-electron chi connectivity index (χ3n) is 4.72. The number of benzene rings is 3. The van der Waals surface area contributed by atoms with E-state index in [1.165, 1.54) is 11.3 Å². The number of para-hydroxylation sites is 1. The summed E-state index contributed by atoms with van der Waals surface area (Å²) in [5.41, 5.74) is 3.77. The lowest BCUT2D eigenvalue weighted by Crippen LogP contribution is -2.16. The second kappa shape index (κ2) is 8.45. The summed E-state index contributed by atoms with van der Waals surface area (Å²) in [4.78, 5) is 17.9. The molecule has 0 atom stereocenters. The highest BCUT2D eigenvalue weighted by Gasteiger charge is 2.12. The number of rotatable bonds is 5. The Morgan fingerprint density at radius 1 is 0.931 bits per heavy atom. The van der Waals surface area contributed by atoms with Crippen molar-refractivity contribution >= 4 is 27.5 Å². The minimum absolute atomic E-state index is 0.240. The first kappa shape index (κ1) is 19.2. The summed E-state index contributed by atoms with van der Waals surface area (Å²) in [6.07, 6.45) is 0. The third kappa shape index (κ3) is 3.87. The van der Waals surface area contributed by atoms with E-state index in [9.17, 15) is 4.79 Å². The fourth-order valence-corrected chi connectivity index (χ4v) is 4.45. The van der Waals surface area contributed by atoms with Crippen LogP contribution in [-0.4, -0.2) is 17.1 Å². The Kier molecular flexibility index (Phi) is 5.58. The number of hydrogen-bond acceptors (Lipinski definition) is 3. The molecule has 0 aliphatic rings. The predicted molar refractivity (Wildman–Crippen MR) is 118 cm³/mol. The molecular formula is C24H22N2O2S. The molecule has 0 bridgehead atoms. The number of nitrogens with zero attached hydrogens (tertiary/aromatic N) is 2. The molecule has 0 saturated heterocycles. The van der Waals surface area contributed by atoms with Crippen LogP contribution in [0.3, 0.4) is 0 Å². The van der Waals surface area contributed by atoms with Gasteiger partial charge < -0.3 is 9.30 Å². The lowest BCUT2D eigenvalue weighted by Gasteiger charge is -2.07. The molecule has 1 heterocycles. The highest BCUT2D eigenvalue weighted by molar-refractivity contribution is 7.16. The van der Waals surface area contributed by atoms with Crippen LogP contribution >= 0.6 is 11.3 Å². The van der Waals surface area contributed by atoms with Crippen LogP contribution in [0.2, 0.25) is 0 Å². The summed E-state index contributed by atoms with van der Waals surface area (Å²) >= 11 is 1.51. The van der Waals surface area contributed by atoms with Gasteiger partial charge in [0.15, 0.2) is 4.80 Å². The van der Waals surface area contributed by atoms with Gasteiger partial charge in [-0.3, -0.25) is 4.79 Å². The number of carbonyl (C=O) groups is 1. The summed E-state index contributed by atoms with van der Waals surface area (Å²) in [7, 11) is 0. The second-order valence-electron chi connectivity index (χ2n) is 6.53. The molecule has 0 saturated carbocycles. The maximum Gasteiger partial charge on any atom is 0.279 e. The number of aryl methyl sites for hydroxylation is 1. The summed E-state index contributed by atoms with van der Waals surface area (Å²) in [5.74, 6) is 0.584. The lowest BCUT2D eigenvalue weighted by molar-refractivity contribution is 0.0998. The van der Waals surface area contributed by atoms with E-state index in [0.29, 0.717) is 23.5 Å². The molecule has 0 radical (unpaired) electrons. The van der Waals surface area contributed by atoms with Gasteiger partial charge in [0, 0.05) is 12.1 Å². The molecule has 4 nitrogen and oxygen atoms in total. The minimum atomic E-state index is -0.240. The number of amides is 1. The van der Waals surface area contributed by atoms with E-state index >= 15 is 0 Å². The molecule has 0 unspecified atom stereocenters.